The van der Waals surface area contributed by atoms with Crippen molar-refractivity contribution in [2.75, 3.05) is 6.61 Å². The number of aromatic hydroxyl groups is 2. The maximum atomic E-state index is 13.2. The molecule has 2 N–H and O–H groups in total. The van der Waals surface area contributed by atoms with E-state index in [0.717, 1.165) is 18.4 Å². The molecule has 0 radical (unpaired) electrons. The van der Waals surface area contributed by atoms with E-state index in [1.54, 1.807) is 24.3 Å². The molecule has 0 spiro atoms. The van der Waals surface area contributed by atoms with E-state index in [0.29, 0.717) is 41.2 Å². The number of hydrogen-bond donors (Lipinski definition) is 2. The second-order valence-corrected chi connectivity index (χ2v) is 8.90. The number of ketones is 1. The molecule has 2 aromatic rings. The number of para-hydroxylation sites is 1. The number of carbonyl (C=O) groups excluding carboxylic acids is 1. The van der Waals surface area contributed by atoms with Gasteiger partial charge in [0.25, 0.3) is 0 Å². The molecule has 0 aliphatic carbocycles. The number of phenols is 2. The summed E-state index contributed by atoms with van der Waals surface area (Å²) in [5.74, 6) is 0.922. The highest BCUT2D eigenvalue weighted by Gasteiger charge is 2.35. The number of benzene rings is 2. The van der Waals surface area contributed by atoms with Crippen molar-refractivity contribution in [3.63, 3.8) is 0 Å². The molecule has 0 fully saturated rings. The Hall–Kier alpha value is -3.21. The molecule has 176 valence electrons. The lowest BCUT2D eigenvalue weighted by Crippen LogP contribution is -2.23. The Kier molecular flexibility index (Phi) is 7.85. The molecule has 5 nitrogen and oxygen atoms in total. The van der Waals surface area contributed by atoms with Gasteiger partial charge < -0.3 is 19.7 Å². The van der Waals surface area contributed by atoms with Crippen LogP contribution >= 0.6 is 0 Å². The van der Waals surface area contributed by atoms with Crippen molar-refractivity contribution < 1.29 is 24.5 Å². The Balaban J connectivity index is 2.01. The van der Waals surface area contributed by atoms with Crippen LogP contribution in [0.25, 0.3) is 0 Å². The maximum absolute atomic E-state index is 13.2. The number of ether oxygens (including phenoxy) is 2. The summed E-state index contributed by atoms with van der Waals surface area (Å²) >= 11 is 0. The minimum absolute atomic E-state index is 0.0469. The molecule has 3 rings (SSSR count). The molecule has 1 aliphatic heterocycles. The van der Waals surface area contributed by atoms with Gasteiger partial charge in [-0.25, -0.2) is 0 Å². The van der Waals surface area contributed by atoms with Gasteiger partial charge in [0.1, 0.15) is 34.7 Å². The van der Waals surface area contributed by atoms with E-state index in [4.69, 9.17) is 9.47 Å². The quantitative estimate of drug-likeness (QED) is 0.417. The average Bonchev–Trinajstić information content (AvgIpc) is 2.75. The van der Waals surface area contributed by atoms with Gasteiger partial charge in [-0.05, 0) is 58.9 Å². The summed E-state index contributed by atoms with van der Waals surface area (Å²) in [5.41, 5.74) is 3.84. The van der Waals surface area contributed by atoms with Gasteiger partial charge in [0.15, 0.2) is 5.78 Å². The number of allylic oxidation sites excluding steroid dienone is 3. The van der Waals surface area contributed by atoms with Gasteiger partial charge in [-0.15, -0.1) is 0 Å². The summed E-state index contributed by atoms with van der Waals surface area (Å²) in [6.45, 7) is 12.5. The maximum Gasteiger partial charge on any atom is 0.174 e. The lowest BCUT2D eigenvalue weighted by Gasteiger charge is -2.30. The zero-order valence-electron chi connectivity index (χ0n) is 20.0. The molecule has 2 atom stereocenters. The van der Waals surface area contributed by atoms with Gasteiger partial charge in [0.2, 0.25) is 0 Å². The minimum atomic E-state index is -0.635. The fourth-order valence-corrected chi connectivity index (χ4v) is 4.22. The van der Waals surface area contributed by atoms with Crippen LogP contribution < -0.4 is 9.47 Å². The Labute approximate surface area is 196 Å². The molecule has 1 aliphatic rings. The lowest BCUT2D eigenvalue weighted by atomic mass is 9.87. The van der Waals surface area contributed by atoms with Gasteiger partial charge in [-0.1, -0.05) is 42.0 Å². The zero-order valence-corrected chi connectivity index (χ0v) is 20.0. The van der Waals surface area contributed by atoms with Crippen LogP contribution in [0.4, 0.5) is 0 Å². The topological polar surface area (TPSA) is 76.0 Å². The smallest absolute Gasteiger partial charge is 0.174 e. The number of hydrogen-bond acceptors (Lipinski definition) is 5. The second kappa shape index (κ2) is 10.6. The minimum Gasteiger partial charge on any atom is -0.508 e. The van der Waals surface area contributed by atoms with Crippen LogP contribution in [-0.4, -0.2) is 22.6 Å². The SMILES string of the molecule is C=C(C)[C@H](CC=C(C)C)CCc1c(O)cc(OCC)c2c1O[C@@H](c1ccccc1O)CC2=O. The van der Waals surface area contributed by atoms with Gasteiger partial charge in [-0.2, -0.15) is 0 Å². The van der Waals surface area contributed by atoms with Crippen LogP contribution in [0, 0.1) is 5.92 Å². The monoisotopic (exact) mass is 450 g/mol. The van der Waals surface area contributed by atoms with Crippen LogP contribution in [0.15, 0.2) is 54.1 Å². The Morgan fingerprint density at radius 2 is 1.97 bits per heavy atom. The molecule has 0 saturated heterocycles. The van der Waals surface area contributed by atoms with Gasteiger partial charge in [0, 0.05) is 17.2 Å². The summed E-state index contributed by atoms with van der Waals surface area (Å²) in [7, 11) is 0. The third kappa shape index (κ3) is 5.59. The van der Waals surface area contributed by atoms with Crippen LogP contribution in [-0.2, 0) is 6.42 Å². The first kappa shape index (κ1) is 24.4. The van der Waals surface area contributed by atoms with Crippen LogP contribution in [0.1, 0.15) is 74.5 Å². The van der Waals surface area contributed by atoms with Crippen molar-refractivity contribution in [3.05, 3.63) is 70.8 Å². The standard InChI is InChI=1S/C28H34O5/c1-6-32-26-15-23(30)21(14-13-19(18(4)5)12-11-17(2)3)28-27(26)24(31)16-25(33-28)20-9-7-8-10-22(20)29/h7-11,15,19,25,29-30H,4,6,12-14,16H2,1-3,5H3/t19-,25-/m1/s1. The number of rotatable bonds is 9. The van der Waals surface area contributed by atoms with E-state index in [9.17, 15) is 15.0 Å². The molecule has 5 heteroatoms. The van der Waals surface area contributed by atoms with Crippen LogP contribution in [0.2, 0.25) is 0 Å². The third-order valence-corrected chi connectivity index (χ3v) is 6.07. The van der Waals surface area contributed by atoms with Crippen LogP contribution in [0.5, 0.6) is 23.0 Å². The first-order valence-electron chi connectivity index (χ1n) is 11.5. The lowest BCUT2D eigenvalue weighted by molar-refractivity contribution is 0.0837. The largest absolute Gasteiger partial charge is 0.508 e. The molecule has 0 bridgehead atoms. The Bertz CT molecular complexity index is 1060. The molecule has 33 heavy (non-hydrogen) atoms. The van der Waals surface area contributed by atoms with Gasteiger partial charge in [-0.3, -0.25) is 4.79 Å². The van der Waals surface area contributed by atoms with Crippen molar-refractivity contribution in [1.29, 1.82) is 0 Å². The van der Waals surface area contributed by atoms with E-state index < -0.39 is 6.10 Å². The fraction of sp³-hybridized carbons (Fsp3) is 0.393. The first-order chi connectivity index (χ1) is 15.7. The number of carbonyl (C=O) groups is 1. The summed E-state index contributed by atoms with van der Waals surface area (Å²) < 4.78 is 12.0. The van der Waals surface area contributed by atoms with Crippen molar-refractivity contribution in [1.82, 2.24) is 0 Å². The Morgan fingerprint density at radius 1 is 1.24 bits per heavy atom. The molecule has 0 aromatic heterocycles. The van der Waals surface area contributed by atoms with E-state index in [-0.39, 0.29) is 29.6 Å². The van der Waals surface area contributed by atoms with Crippen molar-refractivity contribution in [2.45, 2.75) is 59.5 Å². The Morgan fingerprint density at radius 3 is 2.61 bits per heavy atom. The van der Waals surface area contributed by atoms with E-state index in [2.05, 4.69) is 26.5 Å². The fourth-order valence-electron chi connectivity index (χ4n) is 4.22. The third-order valence-electron chi connectivity index (χ3n) is 6.07. The highest BCUT2D eigenvalue weighted by atomic mass is 16.5. The number of Topliss-reactive ketones (excluding diaryl/α,β-unsaturated/α-hetero) is 1. The van der Waals surface area contributed by atoms with Crippen molar-refractivity contribution >= 4 is 5.78 Å². The molecule has 0 amide bonds. The molecular formula is C28H34O5. The summed E-state index contributed by atoms with van der Waals surface area (Å²) in [4.78, 5) is 13.2. The normalized spacial score (nSPS) is 15.9. The predicted octanol–water partition coefficient (Wildman–Crippen LogP) is 6.68. The van der Waals surface area contributed by atoms with Gasteiger partial charge in [0.05, 0.1) is 13.0 Å². The summed E-state index contributed by atoms with van der Waals surface area (Å²) in [5, 5.41) is 21.2. The van der Waals surface area contributed by atoms with Crippen molar-refractivity contribution in [3.8, 4) is 23.0 Å². The van der Waals surface area contributed by atoms with E-state index >= 15 is 0 Å². The number of fused-ring (bicyclic) bond motifs is 1. The van der Waals surface area contributed by atoms with E-state index in [1.165, 1.54) is 11.6 Å². The van der Waals surface area contributed by atoms with E-state index in [1.807, 2.05) is 13.8 Å². The summed E-state index contributed by atoms with van der Waals surface area (Å²) in [6.07, 6.45) is 3.80. The highest BCUT2D eigenvalue weighted by molar-refractivity contribution is 6.03. The van der Waals surface area contributed by atoms with Crippen molar-refractivity contribution in [2.24, 2.45) is 5.92 Å². The molecule has 0 unspecified atom stereocenters. The predicted molar refractivity (Wildman–Crippen MR) is 130 cm³/mol. The molecule has 1 heterocycles. The highest BCUT2D eigenvalue weighted by Crippen LogP contribution is 2.47. The summed E-state index contributed by atoms with van der Waals surface area (Å²) in [6, 6.07) is 8.38. The molecule has 0 saturated carbocycles. The average molecular weight is 451 g/mol. The molecule has 2 aromatic carbocycles. The van der Waals surface area contributed by atoms with Gasteiger partial charge >= 0.3 is 0 Å². The molecular weight excluding hydrogens is 416 g/mol. The second-order valence-electron chi connectivity index (χ2n) is 8.90. The first-order valence-corrected chi connectivity index (χ1v) is 11.5. The van der Waals surface area contributed by atoms with Crippen LogP contribution in [0.3, 0.4) is 0 Å². The number of phenolic OH excluding ortho intramolecular Hbond substituents is 2. The zero-order chi connectivity index (χ0) is 24.1.